The number of benzene rings is 1. The van der Waals surface area contributed by atoms with Crippen molar-refractivity contribution < 1.29 is 14.8 Å². The van der Waals surface area contributed by atoms with Gasteiger partial charge in [0.25, 0.3) is 5.72 Å². The van der Waals surface area contributed by atoms with Gasteiger partial charge in [0.2, 0.25) is 0 Å². The summed E-state index contributed by atoms with van der Waals surface area (Å²) in [5.41, 5.74) is 0.0181. The number of hydroxylamine groups is 3. The fraction of sp³-hybridized carbons (Fsp3) is 0.571. The first kappa shape index (κ1) is 13.5. The highest BCUT2D eigenvalue weighted by atomic mass is 17.1. The fourth-order valence-corrected chi connectivity index (χ4v) is 2.97. The molecule has 1 aromatic rings. The third-order valence-corrected chi connectivity index (χ3v) is 4.16. The van der Waals surface area contributed by atoms with Crippen LogP contribution < -0.4 is 0 Å². The van der Waals surface area contributed by atoms with Crippen molar-refractivity contribution in [1.29, 1.82) is 0 Å². The molecule has 2 atom stereocenters. The number of quaternary nitrogens is 1. The zero-order chi connectivity index (χ0) is 13.6. The number of nitrogens with zero attached hydrogens (tertiary/aromatic N) is 1. The molecule has 0 aliphatic carbocycles. The SMILES string of the molecule is CC(C)(C)[N+]1([O-])CCc2ccccc2C1(C)OO. The maximum atomic E-state index is 13.2. The number of fused-ring (bicyclic) bond motifs is 1. The molecule has 0 fully saturated rings. The quantitative estimate of drug-likeness (QED) is 0.361. The van der Waals surface area contributed by atoms with Crippen molar-refractivity contribution in [3.8, 4) is 0 Å². The van der Waals surface area contributed by atoms with Gasteiger partial charge in [0.1, 0.15) is 0 Å². The van der Waals surface area contributed by atoms with Crippen LogP contribution in [0.25, 0.3) is 0 Å². The van der Waals surface area contributed by atoms with Crippen LogP contribution >= 0.6 is 0 Å². The predicted octanol–water partition coefficient (Wildman–Crippen LogP) is 3.02. The lowest BCUT2D eigenvalue weighted by Gasteiger charge is -2.62. The van der Waals surface area contributed by atoms with Crippen LogP contribution in [0.4, 0.5) is 0 Å². The van der Waals surface area contributed by atoms with E-state index in [0.29, 0.717) is 13.0 Å². The van der Waals surface area contributed by atoms with E-state index in [9.17, 15) is 10.5 Å². The largest absolute Gasteiger partial charge is 0.630 e. The summed E-state index contributed by atoms with van der Waals surface area (Å²) in [6.45, 7) is 7.71. The van der Waals surface area contributed by atoms with E-state index >= 15 is 0 Å². The van der Waals surface area contributed by atoms with Crippen LogP contribution in [0.2, 0.25) is 0 Å². The zero-order valence-electron chi connectivity index (χ0n) is 11.4. The molecule has 0 aromatic heterocycles. The lowest BCUT2D eigenvalue weighted by Crippen LogP contribution is -2.69. The second-order valence-electron chi connectivity index (χ2n) is 6.12. The van der Waals surface area contributed by atoms with Gasteiger partial charge < -0.3 is 9.85 Å². The summed E-state index contributed by atoms with van der Waals surface area (Å²) < 4.78 is -0.590. The van der Waals surface area contributed by atoms with E-state index < -0.39 is 15.9 Å². The Morgan fingerprint density at radius 3 is 2.50 bits per heavy atom. The smallest absolute Gasteiger partial charge is 0.257 e. The Morgan fingerprint density at radius 2 is 1.94 bits per heavy atom. The molecule has 0 bridgehead atoms. The molecule has 100 valence electrons. The first-order valence-electron chi connectivity index (χ1n) is 6.26. The van der Waals surface area contributed by atoms with Crippen molar-refractivity contribution in [1.82, 2.24) is 0 Å². The molecule has 4 heteroatoms. The lowest BCUT2D eigenvalue weighted by molar-refractivity contribution is -1.02. The third-order valence-electron chi connectivity index (χ3n) is 4.16. The molecule has 0 saturated heterocycles. The van der Waals surface area contributed by atoms with Gasteiger partial charge in [-0.15, -0.1) is 0 Å². The zero-order valence-corrected chi connectivity index (χ0v) is 11.4. The number of hydrogen-bond donors (Lipinski definition) is 1. The van der Waals surface area contributed by atoms with Crippen molar-refractivity contribution in [2.75, 3.05) is 6.54 Å². The van der Waals surface area contributed by atoms with Crippen LogP contribution in [0.15, 0.2) is 24.3 Å². The molecular formula is C14H21NO3. The Hall–Kier alpha value is -0.940. The minimum Gasteiger partial charge on any atom is -0.630 e. The highest BCUT2D eigenvalue weighted by molar-refractivity contribution is 5.32. The minimum atomic E-state index is -1.27. The molecule has 4 nitrogen and oxygen atoms in total. The standard InChI is InChI=1S/C14H21NO3/c1-13(2,3)15(16)10-9-11-7-5-6-8-12(11)14(15,4)18-17/h5-8,17H,9-10H2,1-4H3. The van der Waals surface area contributed by atoms with Crippen molar-refractivity contribution in [3.63, 3.8) is 0 Å². The Balaban J connectivity index is 2.63. The molecule has 2 unspecified atom stereocenters. The molecule has 1 aliphatic rings. The highest BCUT2D eigenvalue weighted by Gasteiger charge is 2.54. The van der Waals surface area contributed by atoms with E-state index in [0.717, 1.165) is 11.1 Å². The van der Waals surface area contributed by atoms with Gasteiger partial charge in [-0.05, 0) is 32.4 Å². The van der Waals surface area contributed by atoms with Gasteiger partial charge in [0.05, 0.1) is 12.1 Å². The highest BCUT2D eigenvalue weighted by Crippen LogP contribution is 2.46. The molecule has 1 heterocycles. The first-order valence-corrected chi connectivity index (χ1v) is 6.26. The van der Waals surface area contributed by atoms with Gasteiger partial charge in [-0.1, -0.05) is 18.2 Å². The molecule has 1 aromatic carbocycles. The monoisotopic (exact) mass is 251 g/mol. The van der Waals surface area contributed by atoms with Crippen LogP contribution in [0.5, 0.6) is 0 Å². The van der Waals surface area contributed by atoms with Crippen LogP contribution in [0.3, 0.4) is 0 Å². The fourth-order valence-electron chi connectivity index (χ4n) is 2.97. The van der Waals surface area contributed by atoms with Gasteiger partial charge >= 0.3 is 0 Å². The molecule has 0 spiro atoms. The Morgan fingerprint density at radius 1 is 1.33 bits per heavy atom. The van der Waals surface area contributed by atoms with E-state index in [2.05, 4.69) is 0 Å². The third kappa shape index (κ3) is 1.61. The first-order chi connectivity index (χ1) is 8.26. The van der Waals surface area contributed by atoms with Gasteiger partial charge in [-0.25, -0.2) is 5.26 Å². The second kappa shape index (κ2) is 4.03. The summed E-state index contributed by atoms with van der Waals surface area (Å²) >= 11 is 0. The second-order valence-corrected chi connectivity index (χ2v) is 6.12. The van der Waals surface area contributed by atoms with E-state index in [4.69, 9.17) is 4.89 Å². The van der Waals surface area contributed by atoms with Crippen molar-refractivity contribution in [3.05, 3.63) is 40.6 Å². The Labute approximate surface area is 108 Å². The summed E-state index contributed by atoms with van der Waals surface area (Å²) in [6.07, 6.45) is 0.704. The summed E-state index contributed by atoms with van der Waals surface area (Å²) in [6, 6.07) is 7.66. The van der Waals surface area contributed by atoms with E-state index in [1.807, 2.05) is 45.0 Å². The minimum absolute atomic E-state index is 0.400. The van der Waals surface area contributed by atoms with Crippen LogP contribution in [-0.4, -0.2) is 22.0 Å². The van der Waals surface area contributed by atoms with Crippen LogP contribution in [0.1, 0.15) is 38.8 Å². The van der Waals surface area contributed by atoms with Gasteiger partial charge in [-0.2, -0.15) is 4.89 Å². The number of hydrogen-bond acceptors (Lipinski definition) is 3. The maximum Gasteiger partial charge on any atom is 0.257 e. The van der Waals surface area contributed by atoms with Gasteiger partial charge in [-0.3, -0.25) is 0 Å². The van der Waals surface area contributed by atoms with E-state index in [-0.39, 0.29) is 0 Å². The van der Waals surface area contributed by atoms with E-state index in [1.165, 1.54) is 0 Å². The lowest BCUT2D eigenvalue weighted by atomic mass is 9.86. The number of rotatable bonds is 1. The predicted molar refractivity (Wildman–Crippen MR) is 69.5 cm³/mol. The average molecular weight is 251 g/mol. The topological polar surface area (TPSA) is 52.5 Å². The molecule has 0 saturated carbocycles. The Bertz CT molecular complexity index is 455. The van der Waals surface area contributed by atoms with Gasteiger partial charge in [0.15, 0.2) is 0 Å². The Kier molecular flexibility index (Phi) is 3.02. The summed E-state index contributed by atoms with van der Waals surface area (Å²) in [5, 5.41) is 22.6. The molecule has 1 aliphatic heterocycles. The summed E-state index contributed by atoms with van der Waals surface area (Å²) in [7, 11) is 0. The molecule has 2 rings (SSSR count). The van der Waals surface area contributed by atoms with Crippen LogP contribution in [0, 0.1) is 5.21 Å². The summed E-state index contributed by atoms with van der Waals surface area (Å²) in [4.78, 5) is 4.71. The molecule has 0 radical (unpaired) electrons. The summed E-state index contributed by atoms with van der Waals surface area (Å²) in [5.74, 6) is 0. The normalized spacial score (nSPS) is 32.1. The van der Waals surface area contributed by atoms with Crippen molar-refractivity contribution in [2.24, 2.45) is 0 Å². The maximum absolute atomic E-state index is 13.2. The van der Waals surface area contributed by atoms with Crippen molar-refractivity contribution >= 4 is 0 Å². The van der Waals surface area contributed by atoms with Crippen LogP contribution in [-0.2, 0) is 17.0 Å². The van der Waals surface area contributed by atoms with Gasteiger partial charge in [0, 0.05) is 18.9 Å². The molecular weight excluding hydrogens is 230 g/mol. The molecule has 0 amide bonds. The molecule has 1 N–H and O–H groups in total. The van der Waals surface area contributed by atoms with E-state index in [1.54, 1.807) is 6.92 Å². The van der Waals surface area contributed by atoms with Crippen molar-refractivity contribution in [2.45, 2.75) is 45.4 Å². The molecule has 18 heavy (non-hydrogen) atoms. The average Bonchev–Trinajstić information content (AvgIpc) is 2.33.